The molecule has 1 N–H and O–H groups in total. The standard InChI is InChI=1S/C14H16N4O2/c1-15-10-6-8-17(9-10)12-5-7-16-14-11(12)3-2-4-13(14)18(19)20/h2-5,7,10,15H,6,8-9H2,1H3. The van der Waals surface area contributed by atoms with Crippen LogP contribution in [0.1, 0.15) is 6.42 Å². The highest BCUT2D eigenvalue weighted by molar-refractivity contribution is 5.96. The van der Waals surface area contributed by atoms with Crippen molar-refractivity contribution in [2.75, 3.05) is 25.0 Å². The Morgan fingerprint density at radius 1 is 1.45 bits per heavy atom. The first kappa shape index (κ1) is 12.8. The number of hydrogen-bond acceptors (Lipinski definition) is 5. The number of para-hydroxylation sites is 1. The molecule has 1 unspecified atom stereocenters. The third-order valence-electron chi connectivity index (χ3n) is 3.86. The lowest BCUT2D eigenvalue weighted by atomic mass is 10.1. The second-order valence-electron chi connectivity index (χ2n) is 4.98. The molecule has 104 valence electrons. The normalized spacial score (nSPS) is 18.6. The number of non-ortho nitro benzene ring substituents is 1. The summed E-state index contributed by atoms with van der Waals surface area (Å²) in [5, 5.41) is 15.2. The Kier molecular flexibility index (Phi) is 3.23. The number of rotatable bonds is 3. The Morgan fingerprint density at radius 2 is 2.30 bits per heavy atom. The molecular weight excluding hydrogens is 256 g/mol. The van der Waals surface area contributed by atoms with Gasteiger partial charge in [-0.3, -0.25) is 10.1 Å². The SMILES string of the molecule is CNC1CCN(c2ccnc3c([N+](=O)[O-])cccc23)C1. The predicted octanol–water partition coefficient (Wildman–Crippen LogP) is 1.94. The number of anilines is 1. The molecule has 1 aromatic carbocycles. The first-order valence-corrected chi connectivity index (χ1v) is 6.65. The van der Waals surface area contributed by atoms with Crippen LogP contribution in [0, 0.1) is 10.1 Å². The minimum atomic E-state index is -0.375. The first-order valence-electron chi connectivity index (χ1n) is 6.65. The maximum absolute atomic E-state index is 11.1. The number of fused-ring (bicyclic) bond motifs is 1. The molecule has 6 heteroatoms. The van der Waals surface area contributed by atoms with Crippen molar-refractivity contribution in [3.8, 4) is 0 Å². The molecule has 0 radical (unpaired) electrons. The molecule has 6 nitrogen and oxygen atoms in total. The lowest BCUT2D eigenvalue weighted by Gasteiger charge is -2.20. The summed E-state index contributed by atoms with van der Waals surface area (Å²) in [5.74, 6) is 0. The Labute approximate surface area is 116 Å². The van der Waals surface area contributed by atoms with E-state index in [1.807, 2.05) is 19.2 Å². The highest BCUT2D eigenvalue weighted by Crippen LogP contribution is 2.32. The van der Waals surface area contributed by atoms with E-state index >= 15 is 0 Å². The molecule has 0 aliphatic carbocycles. The van der Waals surface area contributed by atoms with Crippen molar-refractivity contribution in [1.29, 1.82) is 0 Å². The van der Waals surface area contributed by atoms with Crippen LogP contribution < -0.4 is 10.2 Å². The summed E-state index contributed by atoms with van der Waals surface area (Å²) in [5.41, 5.74) is 1.55. The summed E-state index contributed by atoms with van der Waals surface area (Å²) >= 11 is 0. The zero-order valence-corrected chi connectivity index (χ0v) is 11.2. The number of pyridine rings is 1. The minimum absolute atomic E-state index is 0.0636. The van der Waals surface area contributed by atoms with Gasteiger partial charge in [0, 0.05) is 42.5 Å². The van der Waals surface area contributed by atoms with Crippen molar-refractivity contribution in [2.45, 2.75) is 12.5 Å². The summed E-state index contributed by atoms with van der Waals surface area (Å²) in [4.78, 5) is 17.2. The molecule has 1 aliphatic rings. The molecule has 0 amide bonds. The van der Waals surface area contributed by atoms with Gasteiger partial charge in [-0.2, -0.15) is 0 Å². The number of nitrogens with zero attached hydrogens (tertiary/aromatic N) is 3. The summed E-state index contributed by atoms with van der Waals surface area (Å²) in [7, 11) is 1.96. The fourth-order valence-electron chi connectivity index (χ4n) is 2.78. The lowest BCUT2D eigenvalue weighted by Crippen LogP contribution is -2.29. The number of hydrogen-bond donors (Lipinski definition) is 1. The van der Waals surface area contributed by atoms with E-state index in [1.165, 1.54) is 6.07 Å². The third-order valence-corrected chi connectivity index (χ3v) is 3.86. The Hall–Kier alpha value is -2.21. The van der Waals surface area contributed by atoms with Crippen LogP contribution in [0.25, 0.3) is 10.9 Å². The molecular formula is C14H16N4O2. The van der Waals surface area contributed by atoms with E-state index in [0.717, 1.165) is 30.6 Å². The monoisotopic (exact) mass is 272 g/mol. The van der Waals surface area contributed by atoms with Gasteiger partial charge in [-0.25, -0.2) is 4.98 Å². The van der Waals surface area contributed by atoms with Crippen molar-refractivity contribution < 1.29 is 4.92 Å². The molecule has 2 heterocycles. The van der Waals surface area contributed by atoms with Crippen molar-refractivity contribution in [2.24, 2.45) is 0 Å². The van der Waals surface area contributed by atoms with Gasteiger partial charge in [0.2, 0.25) is 0 Å². The second-order valence-corrected chi connectivity index (χ2v) is 4.98. The Balaban J connectivity index is 2.09. The van der Waals surface area contributed by atoms with E-state index in [0.29, 0.717) is 11.6 Å². The first-order chi connectivity index (χ1) is 9.70. The highest BCUT2D eigenvalue weighted by Gasteiger charge is 2.24. The molecule has 2 aromatic rings. The molecule has 0 spiro atoms. The molecule has 1 aliphatic heterocycles. The van der Waals surface area contributed by atoms with Gasteiger partial charge in [-0.1, -0.05) is 12.1 Å². The zero-order chi connectivity index (χ0) is 14.1. The van der Waals surface area contributed by atoms with E-state index in [2.05, 4.69) is 15.2 Å². The highest BCUT2D eigenvalue weighted by atomic mass is 16.6. The number of nitro groups is 1. The van der Waals surface area contributed by atoms with Crippen molar-refractivity contribution in [1.82, 2.24) is 10.3 Å². The number of nitrogens with one attached hydrogen (secondary N) is 1. The molecule has 20 heavy (non-hydrogen) atoms. The summed E-state index contributed by atoms with van der Waals surface area (Å²) in [6.07, 6.45) is 2.73. The largest absolute Gasteiger partial charge is 0.369 e. The van der Waals surface area contributed by atoms with E-state index < -0.39 is 0 Å². The van der Waals surface area contributed by atoms with Gasteiger partial charge >= 0.3 is 0 Å². The summed E-state index contributed by atoms with van der Waals surface area (Å²) < 4.78 is 0. The van der Waals surface area contributed by atoms with Crippen LogP contribution in [0.2, 0.25) is 0 Å². The average Bonchev–Trinajstić information content (AvgIpc) is 2.94. The summed E-state index contributed by atoms with van der Waals surface area (Å²) in [6, 6.07) is 7.52. The van der Waals surface area contributed by atoms with Crippen LogP contribution in [0.5, 0.6) is 0 Å². The predicted molar refractivity (Wildman–Crippen MR) is 78.1 cm³/mol. The molecule has 1 saturated heterocycles. The Morgan fingerprint density at radius 3 is 3.00 bits per heavy atom. The van der Waals surface area contributed by atoms with Crippen molar-refractivity contribution in [3.63, 3.8) is 0 Å². The molecule has 0 bridgehead atoms. The van der Waals surface area contributed by atoms with E-state index in [1.54, 1.807) is 12.3 Å². The van der Waals surface area contributed by atoms with E-state index in [9.17, 15) is 10.1 Å². The number of benzene rings is 1. The molecule has 3 rings (SSSR count). The lowest BCUT2D eigenvalue weighted by molar-refractivity contribution is -0.383. The topological polar surface area (TPSA) is 71.3 Å². The minimum Gasteiger partial charge on any atom is -0.369 e. The van der Waals surface area contributed by atoms with Gasteiger partial charge in [0.1, 0.15) is 5.52 Å². The van der Waals surface area contributed by atoms with E-state index in [4.69, 9.17) is 0 Å². The average molecular weight is 272 g/mol. The van der Waals surface area contributed by atoms with Crippen LogP contribution in [0.15, 0.2) is 30.5 Å². The van der Waals surface area contributed by atoms with Gasteiger partial charge in [0.25, 0.3) is 5.69 Å². The molecule has 1 atom stereocenters. The summed E-state index contributed by atoms with van der Waals surface area (Å²) in [6.45, 7) is 1.87. The third kappa shape index (κ3) is 2.08. The van der Waals surface area contributed by atoms with Gasteiger partial charge in [0.15, 0.2) is 0 Å². The number of aromatic nitrogens is 1. The quantitative estimate of drug-likeness (QED) is 0.683. The smallest absolute Gasteiger partial charge is 0.295 e. The number of likely N-dealkylation sites (N-methyl/N-ethyl adjacent to an activating group) is 1. The van der Waals surface area contributed by atoms with Crippen LogP contribution in [-0.4, -0.2) is 36.1 Å². The Bertz CT molecular complexity index is 659. The maximum atomic E-state index is 11.1. The molecule has 1 aromatic heterocycles. The van der Waals surface area contributed by atoms with Crippen molar-refractivity contribution >= 4 is 22.3 Å². The zero-order valence-electron chi connectivity index (χ0n) is 11.2. The van der Waals surface area contributed by atoms with Gasteiger partial charge in [-0.15, -0.1) is 0 Å². The molecule has 1 fully saturated rings. The van der Waals surface area contributed by atoms with Crippen LogP contribution in [0.3, 0.4) is 0 Å². The maximum Gasteiger partial charge on any atom is 0.295 e. The van der Waals surface area contributed by atoms with Crippen LogP contribution in [0.4, 0.5) is 11.4 Å². The fourth-order valence-corrected chi connectivity index (χ4v) is 2.78. The number of nitro benzene ring substituents is 1. The van der Waals surface area contributed by atoms with Gasteiger partial charge < -0.3 is 10.2 Å². The molecule has 0 saturated carbocycles. The van der Waals surface area contributed by atoms with Gasteiger partial charge in [-0.05, 0) is 19.5 Å². The van der Waals surface area contributed by atoms with E-state index in [-0.39, 0.29) is 10.6 Å². The fraction of sp³-hybridized carbons (Fsp3) is 0.357. The van der Waals surface area contributed by atoms with Gasteiger partial charge in [0.05, 0.1) is 4.92 Å². The van der Waals surface area contributed by atoms with Crippen LogP contribution >= 0.6 is 0 Å². The van der Waals surface area contributed by atoms with Crippen molar-refractivity contribution in [3.05, 3.63) is 40.6 Å². The van der Waals surface area contributed by atoms with Crippen LogP contribution in [-0.2, 0) is 0 Å². The second kappa shape index (κ2) is 5.05.